The van der Waals surface area contributed by atoms with Crippen molar-refractivity contribution in [3.8, 4) is 0 Å². The molecular weight excluding hydrogens is 167 g/mol. The van der Waals surface area contributed by atoms with Gasteiger partial charge in [0.2, 0.25) is 0 Å². The first-order valence-electron chi connectivity index (χ1n) is 6.43. The lowest BCUT2D eigenvalue weighted by Crippen LogP contribution is -2.33. The number of hydrogen-bond donors (Lipinski definition) is 0. The van der Waals surface area contributed by atoms with E-state index in [2.05, 4.69) is 41.5 Å². The van der Waals surface area contributed by atoms with Gasteiger partial charge in [0.1, 0.15) is 7.28 Å². The Morgan fingerprint density at radius 1 is 0.929 bits per heavy atom. The molecule has 0 fully saturated rings. The van der Waals surface area contributed by atoms with E-state index in [4.69, 9.17) is 0 Å². The third-order valence-corrected chi connectivity index (χ3v) is 4.20. The van der Waals surface area contributed by atoms with Crippen molar-refractivity contribution in [2.45, 2.75) is 78.9 Å². The lowest BCUT2D eigenvalue weighted by atomic mass is 9.39. The van der Waals surface area contributed by atoms with Crippen LogP contribution in [0.15, 0.2) is 0 Å². The Labute approximate surface area is 92.1 Å². The fourth-order valence-electron chi connectivity index (χ4n) is 2.75. The normalized spacial score (nSPS) is 13.0. The van der Waals surface area contributed by atoms with E-state index >= 15 is 0 Å². The first-order chi connectivity index (χ1) is 6.43. The van der Waals surface area contributed by atoms with E-state index in [-0.39, 0.29) is 0 Å². The van der Waals surface area contributed by atoms with E-state index in [0.29, 0.717) is 10.7 Å². The average molecular weight is 196 g/mol. The zero-order chi connectivity index (χ0) is 11.2. The summed E-state index contributed by atoms with van der Waals surface area (Å²) in [5, 5.41) is 0.572. The number of hydrogen-bond acceptors (Lipinski definition) is 0. The van der Waals surface area contributed by atoms with Crippen molar-refractivity contribution in [1.82, 2.24) is 0 Å². The summed E-state index contributed by atoms with van der Waals surface area (Å²) < 4.78 is 0. The first-order valence-corrected chi connectivity index (χ1v) is 6.43. The summed E-state index contributed by atoms with van der Waals surface area (Å²) in [6.45, 7) is 14.2. The molecule has 0 saturated heterocycles. The Balaban J connectivity index is 4.39. The minimum atomic E-state index is 0.463. The van der Waals surface area contributed by atoms with Gasteiger partial charge in [-0.1, -0.05) is 78.9 Å². The van der Waals surface area contributed by atoms with Crippen LogP contribution in [-0.4, -0.2) is 7.28 Å². The molecule has 1 heteroatoms. The van der Waals surface area contributed by atoms with Crippen molar-refractivity contribution >= 4 is 7.28 Å². The van der Waals surface area contributed by atoms with E-state index in [1.165, 1.54) is 39.3 Å². The van der Waals surface area contributed by atoms with Crippen molar-refractivity contribution in [2.75, 3.05) is 0 Å². The van der Waals surface area contributed by atoms with Crippen molar-refractivity contribution in [1.29, 1.82) is 0 Å². The predicted molar refractivity (Wildman–Crippen MR) is 69.6 cm³/mol. The molecule has 0 bridgehead atoms. The zero-order valence-electron chi connectivity index (χ0n) is 11.2. The van der Waals surface area contributed by atoms with Gasteiger partial charge in [-0.3, -0.25) is 0 Å². The van der Waals surface area contributed by atoms with Gasteiger partial charge in [0.15, 0.2) is 0 Å². The van der Waals surface area contributed by atoms with Crippen LogP contribution in [0.3, 0.4) is 0 Å². The summed E-state index contributed by atoms with van der Waals surface area (Å²) >= 11 is 0. The van der Waals surface area contributed by atoms with E-state index in [1.807, 2.05) is 0 Å². The highest BCUT2D eigenvalue weighted by atomic mass is 14.4. The molecule has 0 rings (SSSR count). The molecule has 0 aromatic heterocycles. The second-order valence-electron chi connectivity index (χ2n) is 5.69. The summed E-state index contributed by atoms with van der Waals surface area (Å²) in [4.78, 5) is 0. The van der Waals surface area contributed by atoms with Crippen LogP contribution in [0.1, 0.15) is 67.2 Å². The van der Waals surface area contributed by atoms with Crippen LogP contribution < -0.4 is 0 Å². The summed E-state index contributed by atoms with van der Waals surface area (Å²) in [5.74, 6) is 0. The maximum Gasteiger partial charge on any atom is 0.128 e. The molecule has 0 aromatic rings. The second kappa shape index (κ2) is 5.83. The predicted octanol–water partition coefficient (Wildman–Crippen LogP) is 4.67. The number of unbranched alkanes of at least 4 members (excludes halogenated alkanes) is 1. The highest BCUT2D eigenvalue weighted by molar-refractivity contribution is 6.40. The van der Waals surface area contributed by atoms with Gasteiger partial charge in [-0.05, 0) is 5.41 Å². The Morgan fingerprint density at radius 3 is 1.71 bits per heavy atom. The Kier molecular flexibility index (Phi) is 5.85. The fraction of sp³-hybridized carbons (Fsp3) is 1.00. The minimum absolute atomic E-state index is 0.463. The molecule has 0 amide bonds. The smallest absolute Gasteiger partial charge is 0.0769 e. The SMILES string of the molecule is CCCCBC(CC)(CC)C(C)(C)C. The van der Waals surface area contributed by atoms with Gasteiger partial charge in [0.25, 0.3) is 0 Å². The lowest BCUT2D eigenvalue weighted by Gasteiger charge is -2.44. The first kappa shape index (κ1) is 14.1. The molecule has 0 saturated carbocycles. The number of rotatable bonds is 6. The molecule has 0 unspecified atom stereocenters. The van der Waals surface area contributed by atoms with Crippen LogP contribution in [0.5, 0.6) is 0 Å². The molecule has 0 radical (unpaired) electrons. The van der Waals surface area contributed by atoms with Gasteiger partial charge in [-0.15, -0.1) is 0 Å². The van der Waals surface area contributed by atoms with Gasteiger partial charge < -0.3 is 0 Å². The molecule has 84 valence electrons. The average Bonchev–Trinajstić information content (AvgIpc) is 2.11. The van der Waals surface area contributed by atoms with Crippen molar-refractivity contribution < 1.29 is 0 Å². The van der Waals surface area contributed by atoms with Crippen LogP contribution in [-0.2, 0) is 0 Å². The Hall–Kier alpha value is 0.0649. The largest absolute Gasteiger partial charge is 0.128 e. The summed E-state index contributed by atoms with van der Waals surface area (Å²) in [7, 11) is 1.41. The molecule has 0 spiro atoms. The Morgan fingerprint density at radius 2 is 1.43 bits per heavy atom. The third-order valence-electron chi connectivity index (χ3n) is 4.20. The molecule has 0 aromatic carbocycles. The fourth-order valence-corrected chi connectivity index (χ4v) is 2.75. The van der Waals surface area contributed by atoms with Gasteiger partial charge in [0.05, 0.1) is 0 Å². The van der Waals surface area contributed by atoms with Gasteiger partial charge in [-0.25, -0.2) is 0 Å². The van der Waals surface area contributed by atoms with Crippen LogP contribution in [0.2, 0.25) is 11.6 Å². The van der Waals surface area contributed by atoms with Crippen LogP contribution >= 0.6 is 0 Å². The van der Waals surface area contributed by atoms with Crippen molar-refractivity contribution in [3.05, 3.63) is 0 Å². The molecule has 0 nitrogen and oxygen atoms in total. The van der Waals surface area contributed by atoms with Gasteiger partial charge >= 0.3 is 0 Å². The van der Waals surface area contributed by atoms with Gasteiger partial charge in [-0.2, -0.15) is 0 Å². The van der Waals surface area contributed by atoms with E-state index in [1.54, 1.807) is 0 Å². The third kappa shape index (κ3) is 3.33. The maximum absolute atomic E-state index is 2.41. The standard InChI is InChI=1S/C13H29B/c1-7-10-11-14-13(8-2,9-3)12(4,5)6/h14H,7-11H2,1-6H3. The van der Waals surface area contributed by atoms with Crippen LogP contribution in [0.4, 0.5) is 0 Å². The molecule has 0 atom stereocenters. The zero-order valence-corrected chi connectivity index (χ0v) is 11.2. The maximum atomic E-state index is 2.41. The quantitative estimate of drug-likeness (QED) is 0.428. The lowest BCUT2D eigenvalue weighted by molar-refractivity contribution is 0.242. The van der Waals surface area contributed by atoms with E-state index < -0.39 is 0 Å². The minimum Gasteiger partial charge on any atom is -0.0769 e. The van der Waals surface area contributed by atoms with Crippen LogP contribution in [0.25, 0.3) is 0 Å². The summed E-state index contributed by atoms with van der Waals surface area (Å²) in [6.07, 6.45) is 6.81. The monoisotopic (exact) mass is 196 g/mol. The molecular formula is C13H29B. The summed E-state index contributed by atoms with van der Waals surface area (Å²) in [6, 6.07) is 0. The van der Waals surface area contributed by atoms with Crippen LogP contribution in [0, 0.1) is 5.41 Å². The molecule has 0 heterocycles. The Bertz CT molecular complexity index is 140. The molecule has 0 aliphatic heterocycles. The van der Waals surface area contributed by atoms with E-state index in [0.717, 1.165) is 0 Å². The van der Waals surface area contributed by atoms with E-state index in [9.17, 15) is 0 Å². The topological polar surface area (TPSA) is 0 Å². The highest BCUT2D eigenvalue weighted by Gasteiger charge is 2.38. The molecule has 0 N–H and O–H groups in total. The summed E-state index contributed by atoms with van der Waals surface area (Å²) in [5.41, 5.74) is 0.463. The highest BCUT2D eigenvalue weighted by Crippen LogP contribution is 2.51. The molecule has 14 heavy (non-hydrogen) atoms. The second-order valence-corrected chi connectivity index (χ2v) is 5.69. The van der Waals surface area contributed by atoms with Crippen molar-refractivity contribution in [2.24, 2.45) is 5.41 Å². The molecule has 0 aliphatic carbocycles. The molecule has 0 aliphatic rings. The van der Waals surface area contributed by atoms with Gasteiger partial charge in [0, 0.05) is 0 Å². The van der Waals surface area contributed by atoms with Crippen molar-refractivity contribution in [3.63, 3.8) is 0 Å².